The number of ether oxygens (including phenoxy) is 1. The van der Waals surface area contributed by atoms with Gasteiger partial charge in [0.2, 0.25) is 17.7 Å². The molecule has 5 rings (SSSR count). The third-order valence-electron chi connectivity index (χ3n) is 6.37. The number of aryl methyl sites for hydroxylation is 2. The maximum absolute atomic E-state index is 13.2. The first-order valence-corrected chi connectivity index (χ1v) is 11.5. The maximum atomic E-state index is 13.2. The van der Waals surface area contributed by atoms with Crippen LogP contribution in [0.2, 0.25) is 0 Å². The van der Waals surface area contributed by atoms with E-state index in [9.17, 15) is 9.59 Å². The van der Waals surface area contributed by atoms with E-state index in [-0.39, 0.29) is 6.54 Å². The molecule has 35 heavy (non-hydrogen) atoms. The van der Waals surface area contributed by atoms with Crippen LogP contribution >= 0.6 is 0 Å². The molecule has 1 fully saturated rings. The van der Waals surface area contributed by atoms with Crippen molar-refractivity contribution < 1.29 is 9.15 Å². The fourth-order valence-electron chi connectivity index (χ4n) is 4.39. The van der Waals surface area contributed by atoms with E-state index in [4.69, 9.17) is 14.1 Å². The zero-order chi connectivity index (χ0) is 24.7. The number of imidazole rings is 1. The number of hydrogen-bond acceptors (Lipinski definition) is 9. The quantitative estimate of drug-likeness (QED) is 0.438. The van der Waals surface area contributed by atoms with Crippen LogP contribution in [-0.4, -0.2) is 62.2 Å². The molecular weight excluding hydrogens is 452 g/mol. The van der Waals surface area contributed by atoms with Gasteiger partial charge in [0.05, 0.1) is 7.11 Å². The van der Waals surface area contributed by atoms with Gasteiger partial charge in [-0.2, -0.15) is 4.98 Å². The van der Waals surface area contributed by atoms with Crippen molar-refractivity contribution in [3.05, 3.63) is 50.5 Å². The van der Waals surface area contributed by atoms with E-state index in [0.29, 0.717) is 28.9 Å². The second-order valence-electron chi connectivity index (χ2n) is 8.65. The van der Waals surface area contributed by atoms with Gasteiger partial charge in [-0.1, -0.05) is 6.07 Å². The van der Waals surface area contributed by atoms with Crippen LogP contribution in [0.25, 0.3) is 22.6 Å². The van der Waals surface area contributed by atoms with Crippen molar-refractivity contribution in [2.45, 2.75) is 19.9 Å². The molecule has 1 aliphatic heterocycles. The Labute approximate surface area is 200 Å². The van der Waals surface area contributed by atoms with Crippen LogP contribution in [0.5, 0.6) is 5.75 Å². The van der Waals surface area contributed by atoms with Crippen LogP contribution in [0.3, 0.4) is 0 Å². The van der Waals surface area contributed by atoms with Crippen LogP contribution in [0.1, 0.15) is 17.9 Å². The first-order chi connectivity index (χ1) is 16.9. The Kier molecular flexibility index (Phi) is 5.89. The number of methoxy groups -OCH3 is 1. The monoisotopic (exact) mass is 480 g/mol. The summed E-state index contributed by atoms with van der Waals surface area (Å²) in [7, 11) is 4.70. The van der Waals surface area contributed by atoms with Crippen LogP contribution in [0.4, 0.5) is 5.95 Å². The summed E-state index contributed by atoms with van der Waals surface area (Å²) >= 11 is 0. The molecule has 1 aromatic carbocycles. The SMILES string of the molecule is COc1cc(-c2nnc(Cn3c(N4CCCNCC4)nc4c3c(=O)n(C)c(=O)n4C)o2)ccc1C. The Morgan fingerprint density at radius 3 is 2.74 bits per heavy atom. The average Bonchev–Trinajstić information content (AvgIpc) is 3.38. The molecule has 0 atom stereocenters. The Morgan fingerprint density at radius 1 is 1.11 bits per heavy atom. The van der Waals surface area contributed by atoms with Crippen molar-refractivity contribution >= 4 is 17.1 Å². The molecule has 0 radical (unpaired) electrons. The molecule has 4 aromatic rings. The summed E-state index contributed by atoms with van der Waals surface area (Å²) in [5.41, 5.74) is 1.53. The van der Waals surface area contributed by atoms with Crippen molar-refractivity contribution in [1.29, 1.82) is 0 Å². The van der Waals surface area contributed by atoms with E-state index in [1.165, 1.54) is 11.6 Å². The Balaban J connectivity index is 1.61. The maximum Gasteiger partial charge on any atom is 0.332 e. The third-order valence-corrected chi connectivity index (χ3v) is 6.37. The number of fused-ring (bicyclic) bond motifs is 1. The molecule has 0 aliphatic carbocycles. The zero-order valence-electron chi connectivity index (χ0n) is 20.2. The minimum absolute atomic E-state index is 0.138. The van der Waals surface area contributed by atoms with Gasteiger partial charge < -0.3 is 19.4 Å². The van der Waals surface area contributed by atoms with E-state index in [1.54, 1.807) is 18.7 Å². The smallest absolute Gasteiger partial charge is 0.332 e. The molecule has 12 heteroatoms. The van der Waals surface area contributed by atoms with Crippen molar-refractivity contribution in [3.8, 4) is 17.2 Å². The number of benzene rings is 1. The van der Waals surface area contributed by atoms with Crippen molar-refractivity contribution in [2.24, 2.45) is 14.1 Å². The van der Waals surface area contributed by atoms with Gasteiger partial charge in [0.25, 0.3) is 5.56 Å². The summed E-state index contributed by atoms with van der Waals surface area (Å²) in [5.74, 6) is 2.00. The summed E-state index contributed by atoms with van der Waals surface area (Å²) in [6, 6.07) is 5.67. The Hall–Kier alpha value is -3.93. The predicted octanol–water partition coefficient (Wildman–Crippen LogP) is 0.649. The van der Waals surface area contributed by atoms with E-state index < -0.39 is 11.2 Å². The van der Waals surface area contributed by atoms with Gasteiger partial charge >= 0.3 is 5.69 Å². The number of nitrogens with one attached hydrogen (secondary N) is 1. The lowest BCUT2D eigenvalue weighted by Crippen LogP contribution is -2.37. The summed E-state index contributed by atoms with van der Waals surface area (Å²) in [5, 5.41) is 11.8. The highest BCUT2D eigenvalue weighted by molar-refractivity contribution is 5.74. The summed E-state index contributed by atoms with van der Waals surface area (Å²) in [6.45, 7) is 5.28. The number of hydrogen-bond donors (Lipinski definition) is 1. The average molecular weight is 481 g/mol. The van der Waals surface area contributed by atoms with E-state index in [0.717, 1.165) is 54.0 Å². The molecule has 0 saturated carbocycles. The first-order valence-electron chi connectivity index (χ1n) is 11.5. The summed E-state index contributed by atoms with van der Waals surface area (Å²) in [4.78, 5) is 32.6. The molecule has 0 spiro atoms. The highest BCUT2D eigenvalue weighted by Crippen LogP contribution is 2.27. The van der Waals surface area contributed by atoms with Crippen molar-refractivity contribution in [1.82, 2.24) is 34.2 Å². The van der Waals surface area contributed by atoms with Gasteiger partial charge in [-0.3, -0.25) is 18.5 Å². The number of aromatic nitrogens is 6. The van der Waals surface area contributed by atoms with Gasteiger partial charge in [-0.05, 0) is 37.6 Å². The molecule has 0 unspecified atom stereocenters. The highest BCUT2D eigenvalue weighted by atomic mass is 16.5. The molecule has 1 aliphatic rings. The van der Waals surface area contributed by atoms with Gasteiger partial charge in [-0.15, -0.1) is 10.2 Å². The van der Waals surface area contributed by atoms with Crippen LogP contribution in [0, 0.1) is 6.92 Å². The second-order valence-corrected chi connectivity index (χ2v) is 8.65. The standard InChI is InChI=1S/C23H28N8O4/c1-14-6-7-15(12-16(14)34-4)20-27-26-17(35-20)13-31-18-19(28(2)23(33)29(3)21(18)32)25-22(31)30-10-5-8-24-9-11-30/h6-7,12,24H,5,8-11,13H2,1-4H3. The normalized spacial score (nSPS) is 14.5. The minimum atomic E-state index is -0.426. The predicted molar refractivity (Wildman–Crippen MR) is 130 cm³/mol. The van der Waals surface area contributed by atoms with E-state index in [1.807, 2.05) is 25.1 Å². The highest BCUT2D eigenvalue weighted by Gasteiger charge is 2.25. The van der Waals surface area contributed by atoms with Crippen LogP contribution in [-0.2, 0) is 20.6 Å². The molecular formula is C23H28N8O4. The Morgan fingerprint density at radius 2 is 1.94 bits per heavy atom. The van der Waals surface area contributed by atoms with Crippen molar-refractivity contribution in [3.63, 3.8) is 0 Å². The number of anilines is 1. The van der Waals surface area contributed by atoms with Crippen LogP contribution < -0.4 is 26.2 Å². The van der Waals surface area contributed by atoms with Gasteiger partial charge in [0.1, 0.15) is 12.3 Å². The molecule has 1 saturated heterocycles. The van der Waals surface area contributed by atoms with Gasteiger partial charge in [0, 0.05) is 39.3 Å². The molecule has 0 bridgehead atoms. The molecule has 12 nitrogen and oxygen atoms in total. The molecule has 1 N–H and O–H groups in total. The topological polar surface area (TPSA) is 125 Å². The number of nitrogens with zero attached hydrogens (tertiary/aromatic N) is 7. The molecule has 4 heterocycles. The Bertz CT molecular complexity index is 1500. The third kappa shape index (κ3) is 3.99. The lowest BCUT2D eigenvalue weighted by Gasteiger charge is -2.21. The molecule has 184 valence electrons. The fraction of sp³-hybridized carbons (Fsp3) is 0.435. The number of rotatable bonds is 5. The van der Waals surface area contributed by atoms with Gasteiger partial charge in [0.15, 0.2) is 11.2 Å². The summed E-state index contributed by atoms with van der Waals surface area (Å²) in [6.07, 6.45) is 0.931. The van der Waals surface area contributed by atoms with Gasteiger partial charge in [-0.25, -0.2) is 4.79 Å². The molecule has 3 aromatic heterocycles. The molecule has 0 amide bonds. The van der Waals surface area contributed by atoms with Crippen LogP contribution in [0.15, 0.2) is 32.2 Å². The summed E-state index contributed by atoms with van der Waals surface area (Å²) < 4.78 is 15.7. The lowest BCUT2D eigenvalue weighted by atomic mass is 10.1. The van der Waals surface area contributed by atoms with E-state index in [2.05, 4.69) is 20.4 Å². The minimum Gasteiger partial charge on any atom is -0.496 e. The first kappa shape index (κ1) is 22.8. The van der Waals surface area contributed by atoms with E-state index >= 15 is 0 Å². The fourth-order valence-corrected chi connectivity index (χ4v) is 4.39. The van der Waals surface area contributed by atoms with Crippen molar-refractivity contribution in [2.75, 3.05) is 38.2 Å². The largest absolute Gasteiger partial charge is 0.496 e. The lowest BCUT2D eigenvalue weighted by molar-refractivity contribution is 0.411. The second kappa shape index (κ2) is 9.02. The zero-order valence-corrected chi connectivity index (χ0v) is 20.2.